The number of para-hydroxylation sites is 1. The first kappa shape index (κ1) is 19.7. The predicted molar refractivity (Wildman–Crippen MR) is 128 cm³/mol. The number of pyridine rings is 1. The topological polar surface area (TPSA) is 48.5 Å². The molecule has 2 heterocycles. The van der Waals surface area contributed by atoms with Gasteiger partial charge in [-0.15, -0.1) is 0 Å². The molecule has 3 aromatic rings. The molecule has 1 amide bonds. The number of benzene rings is 2. The van der Waals surface area contributed by atoms with Crippen LogP contribution in [0.1, 0.15) is 47.2 Å². The zero-order valence-electron chi connectivity index (χ0n) is 18.7. The summed E-state index contributed by atoms with van der Waals surface area (Å²) in [7, 11) is 0. The van der Waals surface area contributed by atoms with E-state index in [4.69, 9.17) is 0 Å². The number of amides is 1. The van der Waals surface area contributed by atoms with Gasteiger partial charge >= 0.3 is 0 Å². The Morgan fingerprint density at radius 2 is 1.81 bits per heavy atom. The van der Waals surface area contributed by atoms with E-state index in [2.05, 4.69) is 50.4 Å². The summed E-state index contributed by atoms with van der Waals surface area (Å²) in [4.78, 5) is 23.0. The molecular weight excluding hydrogens is 396 g/mol. The van der Waals surface area contributed by atoms with Gasteiger partial charge in [-0.3, -0.25) is 14.7 Å². The molecule has 1 saturated heterocycles. The molecule has 164 valence electrons. The van der Waals surface area contributed by atoms with Crippen LogP contribution in [0.25, 0.3) is 10.9 Å². The van der Waals surface area contributed by atoms with E-state index in [1.807, 2.05) is 31.3 Å². The molecule has 0 bridgehead atoms. The molecule has 3 fully saturated rings. The van der Waals surface area contributed by atoms with Crippen LogP contribution >= 0.6 is 0 Å². The van der Waals surface area contributed by atoms with Crippen molar-refractivity contribution in [2.45, 2.75) is 44.2 Å². The predicted octanol–water partition coefficient (Wildman–Crippen LogP) is 4.25. The van der Waals surface area contributed by atoms with Crippen molar-refractivity contribution in [1.29, 1.82) is 0 Å². The van der Waals surface area contributed by atoms with Gasteiger partial charge in [0.15, 0.2) is 0 Å². The Morgan fingerprint density at radius 1 is 1.03 bits per heavy atom. The van der Waals surface area contributed by atoms with Gasteiger partial charge in [-0.05, 0) is 68.0 Å². The number of carbonyl (C=O) groups is 1. The molecule has 6 rings (SSSR count). The normalized spacial score (nSPS) is 20.3. The summed E-state index contributed by atoms with van der Waals surface area (Å²) in [6.07, 6.45) is 6.52. The molecule has 0 radical (unpaired) electrons. The molecule has 3 aliphatic rings. The first-order valence-electron chi connectivity index (χ1n) is 11.9. The molecule has 5 nitrogen and oxygen atoms in total. The second-order valence-corrected chi connectivity index (χ2v) is 9.67. The van der Waals surface area contributed by atoms with E-state index in [-0.39, 0.29) is 11.4 Å². The van der Waals surface area contributed by atoms with Crippen molar-refractivity contribution in [2.75, 3.05) is 31.1 Å². The number of anilines is 1. The van der Waals surface area contributed by atoms with Gasteiger partial charge in [0, 0.05) is 55.1 Å². The van der Waals surface area contributed by atoms with E-state index in [9.17, 15) is 4.79 Å². The summed E-state index contributed by atoms with van der Waals surface area (Å²) in [5, 5.41) is 4.53. The van der Waals surface area contributed by atoms with Gasteiger partial charge in [-0.1, -0.05) is 24.3 Å². The summed E-state index contributed by atoms with van der Waals surface area (Å²) in [6.45, 7) is 6.35. The minimum Gasteiger partial charge on any atom is -0.369 e. The SMILES string of the molecule is Cc1ccc(N2CCN(C3CC3)CC2)cc1C(=O)NC1(c2ccnc3ccccc23)CC1. The van der Waals surface area contributed by atoms with Crippen molar-refractivity contribution >= 4 is 22.5 Å². The molecule has 2 aliphatic carbocycles. The Morgan fingerprint density at radius 3 is 2.56 bits per heavy atom. The fraction of sp³-hybridized carbons (Fsp3) is 0.407. The number of hydrogen-bond donors (Lipinski definition) is 1. The highest BCUT2D eigenvalue weighted by Gasteiger charge is 2.47. The Labute approximate surface area is 189 Å². The van der Waals surface area contributed by atoms with Gasteiger partial charge < -0.3 is 10.2 Å². The standard InChI is InChI=1S/C27H30N4O/c1-19-6-7-21(31-16-14-30(15-17-31)20-8-9-20)18-23(19)26(32)29-27(11-12-27)24-10-13-28-25-5-3-2-4-22(24)25/h2-7,10,13,18,20H,8-9,11-12,14-17H2,1H3,(H,29,32). The molecule has 1 N–H and O–H groups in total. The first-order valence-corrected chi connectivity index (χ1v) is 11.9. The van der Waals surface area contributed by atoms with Crippen molar-refractivity contribution < 1.29 is 4.79 Å². The molecule has 32 heavy (non-hydrogen) atoms. The first-order chi connectivity index (χ1) is 15.6. The number of fused-ring (bicyclic) bond motifs is 1. The molecule has 2 aromatic carbocycles. The van der Waals surface area contributed by atoms with Crippen LogP contribution < -0.4 is 10.2 Å². The van der Waals surface area contributed by atoms with Gasteiger partial charge in [0.2, 0.25) is 0 Å². The Hall–Kier alpha value is -2.92. The molecule has 2 saturated carbocycles. The van der Waals surface area contributed by atoms with Crippen LogP contribution in [0.15, 0.2) is 54.7 Å². The summed E-state index contributed by atoms with van der Waals surface area (Å²) in [6, 6.07) is 17.5. The molecule has 0 unspecified atom stereocenters. The van der Waals surface area contributed by atoms with Crippen LogP contribution in [0.2, 0.25) is 0 Å². The number of piperazine rings is 1. The van der Waals surface area contributed by atoms with E-state index in [1.54, 1.807) is 0 Å². The van der Waals surface area contributed by atoms with Crippen LogP contribution in [-0.4, -0.2) is 48.0 Å². The highest BCUT2D eigenvalue weighted by Crippen LogP contribution is 2.48. The highest BCUT2D eigenvalue weighted by atomic mass is 16.1. The maximum Gasteiger partial charge on any atom is 0.252 e. The maximum atomic E-state index is 13.5. The van der Waals surface area contributed by atoms with E-state index in [0.717, 1.165) is 72.8 Å². The lowest BCUT2D eigenvalue weighted by molar-refractivity contribution is 0.0930. The quantitative estimate of drug-likeness (QED) is 0.663. The number of nitrogens with one attached hydrogen (secondary N) is 1. The molecule has 1 aromatic heterocycles. The number of hydrogen-bond acceptors (Lipinski definition) is 4. The van der Waals surface area contributed by atoms with Crippen molar-refractivity contribution in [2.24, 2.45) is 0 Å². The summed E-state index contributed by atoms with van der Waals surface area (Å²) < 4.78 is 0. The zero-order valence-corrected chi connectivity index (χ0v) is 18.7. The van der Waals surface area contributed by atoms with Crippen molar-refractivity contribution in [3.05, 3.63) is 71.4 Å². The fourth-order valence-corrected chi connectivity index (χ4v) is 5.22. The number of rotatable bonds is 5. The molecular formula is C27H30N4O. The van der Waals surface area contributed by atoms with Crippen molar-refractivity contribution in [1.82, 2.24) is 15.2 Å². The number of aryl methyl sites for hydroxylation is 1. The van der Waals surface area contributed by atoms with Crippen LogP contribution in [0, 0.1) is 6.92 Å². The van der Waals surface area contributed by atoms with E-state index < -0.39 is 0 Å². The number of carbonyl (C=O) groups excluding carboxylic acids is 1. The van der Waals surface area contributed by atoms with Crippen molar-refractivity contribution in [3.63, 3.8) is 0 Å². The second-order valence-electron chi connectivity index (χ2n) is 9.67. The molecule has 0 spiro atoms. The highest BCUT2D eigenvalue weighted by molar-refractivity contribution is 5.98. The van der Waals surface area contributed by atoms with Crippen molar-refractivity contribution in [3.8, 4) is 0 Å². The van der Waals surface area contributed by atoms with Gasteiger partial charge in [0.25, 0.3) is 5.91 Å². The zero-order chi connectivity index (χ0) is 21.7. The van der Waals surface area contributed by atoms with Gasteiger partial charge in [-0.25, -0.2) is 0 Å². The summed E-state index contributed by atoms with van der Waals surface area (Å²) in [5.41, 5.74) is 4.86. The lowest BCUT2D eigenvalue weighted by Crippen LogP contribution is -2.47. The second kappa shape index (κ2) is 7.59. The van der Waals surface area contributed by atoms with Gasteiger partial charge in [0.1, 0.15) is 0 Å². The average Bonchev–Trinajstić information content (AvgIpc) is 3.75. The molecule has 1 aliphatic heterocycles. The van der Waals surface area contributed by atoms with Crippen LogP contribution in [-0.2, 0) is 5.54 Å². The fourth-order valence-electron chi connectivity index (χ4n) is 5.22. The average molecular weight is 427 g/mol. The largest absolute Gasteiger partial charge is 0.369 e. The number of nitrogens with zero attached hydrogens (tertiary/aromatic N) is 3. The van der Waals surface area contributed by atoms with Gasteiger partial charge in [0.05, 0.1) is 11.1 Å². The third-order valence-corrected chi connectivity index (χ3v) is 7.48. The summed E-state index contributed by atoms with van der Waals surface area (Å²) in [5.74, 6) is 0.0272. The van der Waals surface area contributed by atoms with E-state index in [1.165, 1.54) is 18.4 Å². The smallest absolute Gasteiger partial charge is 0.252 e. The Balaban J connectivity index is 1.23. The van der Waals surface area contributed by atoms with Crippen LogP contribution in [0.5, 0.6) is 0 Å². The minimum atomic E-state index is -0.280. The van der Waals surface area contributed by atoms with Crippen LogP contribution in [0.4, 0.5) is 5.69 Å². The Kier molecular flexibility index (Phi) is 4.68. The molecule has 5 heteroatoms. The number of aromatic nitrogens is 1. The lowest BCUT2D eigenvalue weighted by atomic mass is 9.99. The van der Waals surface area contributed by atoms with E-state index in [0.29, 0.717) is 0 Å². The Bertz CT molecular complexity index is 1170. The third kappa shape index (κ3) is 3.55. The monoisotopic (exact) mass is 426 g/mol. The van der Waals surface area contributed by atoms with Gasteiger partial charge in [-0.2, -0.15) is 0 Å². The maximum absolute atomic E-state index is 13.5. The van der Waals surface area contributed by atoms with E-state index >= 15 is 0 Å². The minimum absolute atomic E-state index is 0.0272. The summed E-state index contributed by atoms with van der Waals surface area (Å²) >= 11 is 0. The lowest BCUT2D eigenvalue weighted by Gasteiger charge is -2.36. The van der Waals surface area contributed by atoms with Crippen LogP contribution in [0.3, 0.4) is 0 Å². The molecule has 0 atom stereocenters. The third-order valence-electron chi connectivity index (χ3n) is 7.48.